The van der Waals surface area contributed by atoms with Crippen LogP contribution in [0.3, 0.4) is 0 Å². The Morgan fingerprint density at radius 1 is 1.30 bits per heavy atom. The zero-order valence-corrected chi connectivity index (χ0v) is 8.07. The molecule has 0 heteroatoms. The van der Waals surface area contributed by atoms with Crippen LogP contribution in [0.25, 0.3) is 0 Å². The van der Waals surface area contributed by atoms with E-state index in [4.69, 9.17) is 0 Å². The SMILES string of the molecule is CCCC(C)(C)[CH]C(C)C. The van der Waals surface area contributed by atoms with Crippen LogP contribution < -0.4 is 0 Å². The van der Waals surface area contributed by atoms with Gasteiger partial charge in [-0.25, -0.2) is 0 Å². The fraction of sp³-hybridized carbons (Fsp3) is 0.900. The maximum atomic E-state index is 2.44. The second-order valence-corrected chi connectivity index (χ2v) is 4.15. The normalized spacial score (nSPS) is 12.6. The van der Waals surface area contributed by atoms with Gasteiger partial charge in [-0.05, 0) is 24.2 Å². The molecule has 10 heavy (non-hydrogen) atoms. The predicted octanol–water partition coefficient (Wildman–Crippen LogP) is 3.67. The first-order chi connectivity index (χ1) is 4.48. The monoisotopic (exact) mass is 141 g/mol. The summed E-state index contributed by atoms with van der Waals surface area (Å²) >= 11 is 0. The average Bonchev–Trinajstić information content (AvgIpc) is 1.59. The Labute approximate surface area is 66.0 Å². The Kier molecular flexibility index (Phi) is 4.00. The summed E-state index contributed by atoms with van der Waals surface area (Å²) < 4.78 is 0. The zero-order chi connectivity index (χ0) is 8.20. The Bertz CT molecular complexity index is 80.0. The molecule has 0 N–H and O–H groups in total. The molecule has 0 heterocycles. The van der Waals surface area contributed by atoms with E-state index in [2.05, 4.69) is 41.0 Å². The molecule has 0 rings (SSSR count). The number of hydrogen-bond acceptors (Lipinski definition) is 0. The van der Waals surface area contributed by atoms with Crippen molar-refractivity contribution in [3.8, 4) is 0 Å². The maximum absolute atomic E-state index is 2.44. The number of rotatable bonds is 4. The summed E-state index contributed by atoms with van der Waals surface area (Å²) in [5.41, 5.74) is 0.447. The van der Waals surface area contributed by atoms with E-state index in [0.717, 1.165) is 5.92 Å². The summed E-state index contributed by atoms with van der Waals surface area (Å²) in [4.78, 5) is 0. The Balaban J connectivity index is 3.63. The van der Waals surface area contributed by atoms with Crippen molar-refractivity contribution in [2.45, 2.75) is 47.5 Å². The van der Waals surface area contributed by atoms with Gasteiger partial charge in [0.1, 0.15) is 0 Å². The van der Waals surface area contributed by atoms with Crippen molar-refractivity contribution in [1.82, 2.24) is 0 Å². The van der Waals surface area contributed by atoms with E-state index in [1.165, 1.54) is 12.8 Å². The molecule has 0 spiro atoms. The van der Waals surface area contributed by atoms with Crippen LogP contribution in [0, 0.1) is 17.8 Å². The quantitative estimate of drug-likeness (QED) is 0.560. The highest BCUT2D eigenvalue weighted by atomic mass is 14.2. The lowest BCUT2D eigenvalue weighted by Gasteiger charge is -2.25. The minimum Gasteiger partial charge on any atom is -0.0654 e. The zero-order valence-electron chi connectivity index (χ0n) is 8.07. The van der Waals surface area contributed by atoms with E-state index < -0.39 is 0 Å². The van der Waals surface area contributed by atoms with Gasteiger partial charge in [0.2, 0.25) is 0 Å². The van der Waals surface area contributed by atoms with E-state index in [-0.39, 0.29) is 0 Å². The maximum Gasteiger partial charge on any atom is -0.0304 e. The van der Waals surface area contributed by atoms with Crippen LogP contribution in [0.15, 0.2) is 0 Å². The average molecular weight is 141 g/mol. The summed E-state index contributed by atoms with van der Waals surface area (Å²) in [6.07, 6.45) is 5.04. The molecule has 0 aromatic heterocycles. The van der Waals surface area contributed by atoms with E-state index in [9.17, 15) is 0 Å². The highest BCUT2D eigenvalue weighted by molar-refractivity contribution is 4.86. The fourth-order valence-corrected chi connectivity index (χ4v) is 1.63. The Morgan fingerprint density at radius 3 is 2.10 bits per heavy atom. The first-order valence-electron chi connectivity index (χ1n) is 4.34. The summed E-state index contributed by atoms with van der Waals surface area (Å²) in [7, 11) is 0. The van der Waals surface area contributed by atoms with Gasteiger partial charge < -0.3 is 0 Å². The molecule has 0 amide bonds. The molecule has 0 unspecified atom stereocenters. The third-order valence-electron chi connectivity index (χ3n) is 1.68. The molecule has 0 bridgehead atoms. The van der Waals surface area contributed by atoms with Gasteiger partial charge in [0, 0.05) is 0 Å². The van der Waals surface area contributed by atoms with Gasteiger partial charge >= 0.3 is 0 Å². The molecule has 0 fully saturated rings. The minimum atomic E-state index is 0.447. The van der Waals surface area contributed by atoms with Crippen molar-refractivity contribution in [3.63, 3.8) is 0 Å². The van der Waals surface area contributed by atoms with Gasteiger partial charge in [-0.2, -0.15) is 0 Å². The van der Waals surface area contributed by atoms with Crippen LogP contribution in [0.4, 0.5) is 0 Å². The summed E-state index contributed by atoms with van der Waals surface area (Å²) in [5, 5.41) is 0. The van der Waals surface area contributed by atoms with Crippen molar-refractivity contribution in [3.05, 3.63) is 6.42 Å². The minimum absolute atomic E-state index is 0.447. The summed E-state index contributed by atoms with van der Waals surface area (Å²) in [5.74, 6) is 0.724. The molecule has 0 aliphatic heterocycles. The van der Waals surface area contributed by atoms with E-state index in [1.54, 1.807) is 0 Å². The van der Waals surface area contributed by atoms with Crippen molar-refractivity contribution >= 4 is 0 Å². The molecule has 0 saturated heterocycles. The van der Waals surface area contributed by atoms with Crippen molar-refractivity contribution in [2.24, 2.45) is 11.3 Å². The second kappa shape index (κ2) is 4.00. The molecule has 0 saturated carbocycles. The van der Waals surface area contributed by atoms with Gasteiger partial charge in [0.15, 0.2) is 0 Å². The first kappa shape index (κ1) is 10.0. The first-order valence-corrected chi connectivity index (χ1v) is 4.34. The Morgan fingerprint density at radius 2 is 1.80 bits per heavy atom. The third kappa shape index (κ3) is 4.84. The van der Waals surface area contributed by atoms with Crippen LogP contribution >= 0.6 is 0 Å². The second-order valence-electron chi connectivity index (χ2n) is 4.15. The third-order valence-corrected chi connectivity index (χ3v) is 1.68. The standard InChI is InChI=1S/C10H21/c1-6-7-10(4,5)8-9(2)3/h8-9H,6-7H2,1-5H3. The van der Waals surface area contributed by atoms with Crippen LogP contribution in [-0.2, 0) is 0 Å². The molecule has 0 atom stereocenters. The van der Waals surface area contributed by atoms with Crippen LogP contribution in [-0.4, -0.2) is 0 Å². The fourth-order valence-electron chi connectivity index (χ4n) is 1.63. The molecule has 61 valence electrons. The van der Waals surface area contributed by atoms with Crippen LogP contribution in [0.1, 0.15) is 47.5 Å². The molecule has 0 nitrogen and oxygen atoms in total. The molecular formula is C10H21. The van der Waals surface area contributed by atoms with E-state index in [1.807, 2.05) is 0 Å². The van der Waals surface area contributed by atoms with Crippen molar-refractivity contribution in [1.29, 1.82) is 0 Å². The van der Waals surface area contributed by atoms with Crippen molar-refractivity contribution in [2.75, 3.05) is 0 Å². The smallest absolute Gasteiger partial charge is 0.0304 e. The highest BCUT2D eigenvalue weighted by Gasteiger charge is 2.17. The summed E-state index contributed by atoms with van der Waals surface area (Å²) in [6.45, 7) is 11.4. The predicted molar refractivity (Wildman–Crippen MR) is 47.8 cm³/mol. The molecule has 0 aromatic rings. The number of hydrogen-bond donors (Lipinski definition) is 0. The lowest BCUT2D eigenvalue weighted by atomic mass is 9.80. The highest BCUT2D eigenvalue weighted by Crippen LogP contribution is 2.28. The summed E-state index contributed by atoms with van der Waals surface area (Å²) in [6, 6.07) is 0. The van der Waals surface area contributed by atoms with Gasteiger partial charge in [-0.1, -0.05) is 41.0 Å². The lowest BCUT2D eigenvalue weighted by Crippen LogP contribution is -2.14. The van der Waals surface area contributed by atoms with Gasteiger partial charge in [-0.15, -0.1) is 0 Å². The van der Waals surface area contributed by atoms with E-state index >= 15 is 0 Å². The molecule has 0 aliphatic rings. The van der Waals surface area contributed by atoms with Crippen molar-refractivity contribution < 1.29 is 0 Å². The molecule has 0 aromatic carbocycles. The van der Waals surface area contributed by atoms with Gasteiger partial charge in [-0.3, -0.25) is 0 Å². The molecule has 1 radical (unpaired) electrons. The largest absolute Gasteiger partial charge is 0.0654 e. The lowest BCUT2D eigenvalue weighted by molar-refractivity contribution is 0.359. The van der Waals surface area contributed by atoms with E-state index in [0.29, 0.717) is 5.41 Å². The topological polar surface area (TPSA) is 0 Å². The van der Waals surface area contributed by atoms with Gasteiger partial charge in [0.05, 0.1) is 0 Å². The molecular weight excluding hydrogens is 120 g/mol. The van der Waals surface area contributed by atoms with Crippen LogP contribution in [0.5, 0.6) is 0 Å². The van der Waals surface area contributed by atoms with Gasteiger partial charge in [0.25, 0.3) is 0 Å². The molecule has 0 aliphatic carbocycles. The van der Waals surface area contributed by atoms with Crippen LogP contribution in [0.2, 0.25) is 0 Å². The Hall–Kier alpha value is 0.